The van der Waals surface area contributed by atoms with Gasteiger partial charge in [0.1, 0.15) is 28.5 Å². The third-order valence-electron chi connectivity index (χ3n) is 5.68. The normalized spacial score (nSPS) is 11.2. The van der Waals surface area contributed by atoms with Gasteiger partial charge in [0.15, 0.2) is 0 Å². The maximum Gasteiger partial charge on any atom is 0.276 e. The number of ether oxygens (including phenoxy) is 2. The summed E-state index contributed by atoms with van der Waals surface area (Å²) in [6, 6.07) is 14.7. The fraction of sp³-hybridized carbons (Fsp3) is 0.192. The van der Waals surface area contributed by atoms with Gasteiger partial charge in [-0.2, -0.15) is 5.10 Å². The van der Waals surface area contributed by atoms with Crippen molar-refractivity contribution in [2.24, 2.45) is 0 Å². The highest BCUT2D eigenvalue weighted by atomic mass is 35.5. The van der Waals surface area contributed by atoms with Gasteiger partial charge >= 0.3 is 0 Å². The Morgan fingerprint density at radius 1 is 1.09 bits per heavy atom. The molecule has 5 rings (SSSR count). The molecule has 0 fully saturated rings. The quantitative estimate of drug-likeness (QED) is 0.310. The van der Waals surface area contributed by atoms with Crippen LogP contribution in [-0.4, -0.2) is 32.9 Å². The summed E-state index contributed by atoms with van der Waals surface area (Å²) in [5, 5.41) is 5.04. The molecule has 178 valence electrons. The zero-order chi connectivity index (χ0) is 24.5. The minimum atomic E-state index is -0.190. The molecule has 0 saturated heterocycles. The van der Waals surface area contributed by atoms with Crippen molar-refractivity contribution in [1.82, 2.24) is 19.2 Å². The topological polar surface area (TPSA) is 83.8 Å². The van der Waals surface area contributed by atoms with Crippen LogP contribution in [0.15, 0.2) is 70.1 Å². The lowest BCUT2D eigenvalue weighted by molar-refractivity contribution is 0.340. The van der Waals surface area contributed by atoms with Crippen molar-refractivity contribution >= 4 is 17.1 Å². The summed E-state index contributed by atoms with van der Waals surface area (Å²) in [5.41, 5.74) is 3.10. The van der Waals surface area contributed by atoms with Gasteiger partial charge in [0.25, 0.3) is 5.56 Å². The maximum absolute atomic E-state index is 13.2. The van der Waals surface area contributed by atoms with Crippen molar-refractivity contribution in [2.45, 2.75) is 20.4 Å². The van der Waals surface area contributed by atoms with E-state index in [-0.39, 0.29) is 12.1 Å². The van der Waals surface area contributed by atoms with Crippen molar-refractivity contribution in [3.63, 3.8) is 0 Å². The maximum atomic E-state index is 13.2. The molecule has 5 aromatic rings. The summed E-state index contributed by atoms with van der Waals surface area (Å²) in [7, 11) is 1.60. The average Bonchev–Trinajstić information content (AvgIpc) is 3.46. The molecule has 8 nitrogen and oxygen atoms in total. The first-order valence-electron chi connectivity index (χ1n) is 11.1. The van der Waals surface area contributed by atoms with E-state index < -0.39 is 0 Å². The van der Waals surface area contributed by atoms with E-state index in [0.29, 0.717) is 51.7 Å². The second kappa shape index (κ2) is 9.31. The van der Waals surface area contributed by atoms with Crippen LogP contribution in [0.1, 0.15) is 18.4 Å². The molecule has 0 radical (unpaired) electrons. The number of methoxy groups -OCH3 is 1. The number of halogens is 1. The molecule has 0 aliphatic heterocycles. The van der Waals surface area contributed by atoms with E-state index in [4.69, 9.17) is 25.5 Å². The van der Waals surface area contributed by atoms with E-state index in [2.05, 4.69) is 10.1 Å². The predicted octanol–water partition coefficient (Wildman–Crippen LogP) is 5.24. The number of hydrogen-bond acceptors (Lipinski definition) is 6. The molecule has 0 aliphatic rings. The van der Waals surface area contributed by atoms with Gasteiger partial charge in [-0.3, -0.25) is 4.79 Å². The number of hydrogen-bond donors (Lipinski definition) is 0. The number of para-hydroxylation sites is 1. The van der Waals surface area contributed by atoms with Crippen LogP contribution in [0.3, 0.4) is 0 Å². The van der Waals surface area contributed by atoms with Gasteiger partial charge in [-0.1, -0.05) is 23.7 Å². The van der Waals surface area contributed by atoms with E-state index in [9.17, 15) is 4.79 Å². The highest BCUT2D eigenvalue weighted by molar-refractivity contribution is 6.32. The van der Waals surface area contributed by atoms with Crippen LogP contribution in [0.2, 0.25) is 5.02 Å². The Hall–Kier alpha value is -4.04. The number of benzene rings is 2. The van der Waals surface area contributed by atoms with Gasteiger partial charge in [0.05, 0.1) is 36.5 Å². The van der Waals surface area contributed by atoms with E-state index >= 15 is 0 Å². The summed E-state index contributed by atoms with van der Waals surface area (Å²) >= 11 is 6.33. The molecular weight excluding hydrogens is 468 g/mol. The van der Waals surface area contributed by atoms with Gasteiger partial charge in [-0.15, -0.1) is 0 Å². The van der Waals surface area contributed by atoms with Crippen molar-refractivity contribution in [3.05, 3.63) is 87.8 Å². The Labute approximate surface area is 206 Å². The first kappa shape index (κ1) is 22.7. The molecule has 3 aromatic heterocycles. The molecule has 0 amide bonds. The highest BCUT2D eigenvalue weighted by Crippen LogP contribution is 2.31. The minimum absolute atomic E-state index is 0.190. The van der Waals surface area contributed by atoms with Crippen LogP contribution in [0.25, 0.3) is 28.2 Å². The van der Waals surface area contributed by atoms with Crippen molar-refractivity contribution in [1.29, 1.82) is 0 Å². The van der Waals surface area contributed by atoms with Crippen LogP contribution in [-0.2, 0) is 6.54 Å². The molecule has 0 spiro atoms. The monoisotopic (exact) mass is 490 g/mol. The number of aromatic nitrogens is 4. The molecule has 3 heterocycles. The Morgan fingerprint density at radius 2 is 1.91 bits per heavy atom. The molecule has 0 N–H and O–H groups in total. The van der Waals surface area contributed by atoms with Gasteiger partial charge < -0.3 is 18.5 Å². The molecular formula is C26H23ClN4O4. The summed E-state index contributed by atoms with van der Waals surface area (Å²) < 4.78 is 20.0. The van der Waals surface area contributed by atoms with Crippen LogP contribution in [0.4, 0.5) is 0 Å². The summed E-state index contributed by atoms with van der Waals surface area (Å²) in [5.74, 6) is 2.36. The zero-order valence-corrected chi connectivity index (χ0v) is 20.2. The standard InChI is InChI=1S/C26H23ClN4O4/c1-4-34-24-10-9-17(13-19(24)27)20-14-22-26(32)30(11-12-31(22)29-20)15-21-16(2)35-25(28-21)18-7-5-6-8-23(18)33-3/h5-14H,4,15H2,1-3H3. The molecule has 2 aromatic carbocycles. The Balaban J connectivity index is 1.47. The molecule has 0 atom stereocenters. The largest absolute Gasteiger partial charge is 0.496 e. The number of aryl methyl sites for hydroxylation is 1. The van der Waals surface area contributed by atoms with Crippen molar-refractivity contribution in [2.75, 3.05) is 13.7 Å². The summed E-state index contributed by atoms with van der Waals surface area (Å²) in [6.07, 6.45) is 3.43. The minimum Gasteiger partial charge on any atom is -0.496 e. The highest BCUT2D eigenvalue weighted by Gasteiger charge is 2.17. The molecule has 0 unspecified atom stereocenters. The average molecular weight is 491 g/mol. The third-order valence-corrected chi connectivity index (χ3v) is 5.98. The van der Waals surface area contributed by atoms with Gasteiger partial charge in [0.2, 0.25) is 5.89 Å². The zero-order valence-electron chi connectivity index (χ0n) is 19.5. The van der Waals surface area contributed by atoms with Crippen LogP contribution >= 0.6 is 11.6 Å². The molecule has 35 heavy (non-hydrogen) atoms. The van der Waals surface area contributed by atoms with E-state index in [1.807, 2.05) is 44.2 Å². The van der Waals surface area contributed by atoms with Crippen molar-refractivity contribution < 1.29 is 13.9 Å². The SMILES string of the molecule is CCOc1ccc(-c2cc3c(=O)n(Cc4nc(-c5ccccc5OC)oc4C)ccn3n2)cc1Cl. The van der Waals surface area contributed by atoms with E-state index in [1.54, 1.807) is 46.8 Å². The summed E-state index contributed by atoms with van der Waals surface area (Å²) in [4.78, 5) is 17.9. The smallest absolute Gasteiger partial charge is 0.276 e. The summed E-state index contributed by atoms with van der Waals surface area (Å²) in [6.45, 7) is 4.52. The first-order valence-corrected chi connectivity index (χ1v) is 11.5. The van der Waals surface area contributed by atoms with Gasteiger partial charge in [0, 0.05) is 18.0 Å². The second-order valence-electron chi connectivity index (χ2n) is 7.89. The number of nitrogens with zero attached hydrogens (tertiary/aromatic N) is 4. The molecule has 9 heteroatoms. The Morgan fingerprint density at radius 3 is 2.69 bits per heavy atom. The van der Waals surface area contributed by atoms with Gasteiger partial charge in [-0.25, -0.2) is 9.50 Å². The lowest BCUT2D eigenvalue weighted by Gasteiger charge is -2.06. The van der Waals surface area contributed by atoms with E-state index in [0.717, 1.165) is 11.1 Å². The fourth-order valence-corrected chi connectivity index (χ4v) is 4.13. The first-order chi connectivity index (χ1) is 17.0. The third kappa shape index (κ3) is 4.28. The van der Waals surface area contributed by atoms with Crippen molar-refractivity contribution in [3.8, 4) is 34.2 Å². The lowest BCUT2D eigenvalue weighted by atomic mass is 10.1. The lowest BCUT2D eigenvalue weighted by Crippen LogP contribution is -2.22. The Bertz CT molecular complexity index is 1580. The number of fused-ring (bicyclic) bond motifs is 1. The van der Waals surface area contributed by atoms with E-state index in [1.165, 1.54) is 0 Å². The fourth-order valence-electron chi connectivity index (χ4n) is 3.90. The number of rotatable bonds is 7. The van der Waals surface area contributed by atoms with Crippen LogP contribution in [0, 0.1) is 6.92 Å². The number of oxazole rings is 1. The van der Waals surface area contributed by atoms with Gasteiger partial charge in [-0.05, 0) is 50.2 Å². The molecule has 0 aliphatic carbocycles. The molecule has 0 bridgehead atoms. The van der Waals surface area contributed by atoms with Crippen LogP contribution < -0.4 is 15.0 Å². The van der Waals surface area contributed by atoms with Crippen LogP contribution in [0.5, 0.6) is 11.5 Å². The Kier molecular flexibility index (Phi) is 6.05. The molecule has 0 saturated carbocycles. The predicted molar refractivity (Wildman–Crippen MR) is 133 cm³/mol. The second-order valence-corrected chi connectivity index (χ2v) is 8.30.